The van der Waals surface area contributed by atoms with Crippen LogP contribution < -0.4 is 16.8 Å². The van der Waals surface area contributed by atoms with Crippen molar-refractivity contribution < 1.29 is 9.53 Å². The molecule has 0 amide bonds. The maximum atomic E-state index is 12.2. The van der Waals surface area contributed by atoms with Gasteiger partial charge in [-0.1, -0.05) is 37.2 Å². The molecular formula is C18H27N3O2S. The SMILES string of the molecule is COC(=O)C(Cc1ccc(N)cc1)NC(=S)C1(CCN)CCCC1. The van der Waals surface area contributed by atoms with E-state index in [1.165, 1.54) is 7.11 Å². The van der Waals surface area contributed by atoms with E-state index in [0.29, 0.717) is 18.7 Å². The second-order valence-corrected chi connectivity index (χ2v) is 6.93. The van der Waals surface area contributed by atoms with Crippen LogP contribution in [0.2, 0.25) is 0 Å². The minimum atomic E-state index is -0.499. The summed E-state index contributed by atoms with van der Waals surface area (Å²) in [7, 11) is 1.40. The quantitative estimate of drug-likeness (QED) is 0.397. The van der Waals surface area contributed by atoms with Gasteiger partial charge in [-0.2, -0.15) is 0 Å². The fourth-order valence-electron chi connectivity index (χ4n) is 3.45. The number of methoxy groups -OCH3 is 1. The van der Waals surface area contributed by atoms with Gasteiger partial charge in [0, 0.05) is 17.5 Å². The van der Waals surface area contributed by atoms with E-state index in [-0.39, 0.29) is 11.4 Å². The van der Waals surface area contributed by atoms with Gasteiger partial charge >= 0.3 is 5.97 Å². The maximum Gasteiger partial charge on any atom is 0.328 e. The van der Waals surface area contributed by atoms with Gasteiger partial charge < -0.3 is 21.5 Å². The van der Waals surface area contributed by atoms with Gasteiger partial charge in [-0.05, 0) is 43.5 Å². The first kappa shape index (κ1) is 18.7. The zero-order valence-corrected chi connectivity index (χ0v) is 15.0. The fourth-order valence-corrected chi connectivity index (χ4v) is 3.90. The Kier molecular flexibility index (Phi) is 6.57. The molecule has 6 heteroatoms. The number of nitrogens with one attached hydrogen (secondary N) is 1. The molecule has 0 aromatic heterocycles. The van der Waals surface area contributed by atoms with Crippen molar-refractivity contribution in [2.75, 3.05) is 19.4 Å². The molecule has 1 saturated carbocycles. The Bertz CT molecular complexity index is 568. The number of carbonyl (C=O) groups excluding carboxylic acids is 1. The average Bonchev–Trinajstić information content (AvgIpc) is 3.05. The number of esters is 1. The zero-order valence-electron chi connectivity index (χ0n) is 14.2. The predicted octanol–water partition coefficient (Wildman–Crippen LogP) is 2.18. The molecule has 1 aliphatic carbocycles. The highest BCUT2D eigenvalue weighted by Gasteiger charge is 2.38. The lowest BCUT2D eigenvalue weighted by atomic mass is 9.82. The van der Waals surface area contributed by atoms with Crippen molar-refractivity contribution in [3.63, 3.8) is 0 Å². The normalized spacial score (nSPS) is 17.2. The molecule has 0 aliphatic heterocycles. The number of thiocarbonyl (C=S) groups is 1. The molecule has 0 bridgehead atoms. The van der Waals surface area contributed by atoms with Crippen LogP contribution in [0.3, 0.4) is 0 Å². The number of nitrogen functional groups attached to an aromatic ring is 1. The second-order valence-electron chi connectivity index (χ2n) is 6.52. The third-order valence-electron chi connectivity index (χ3n) is 4.88. The highest BCUT2D eigenvalue weighted by atomic mass is 32.1. The Morgan fingerprint density at radius 1 is 1.33 bits per heavy atom. The third kappa shape index (κ3) is 4.45. The lowest BCUT2D eigenvalue weighted by Crippen LogP contribution is -2.48. The lowest BCUT2D eigenvalue weighted by Gasteiger charge is -2.32. The molecule has 1 atom stereocenters. The molecule has 5 nitrogen and oxygen atoms in total. The number of carbonyl (C=O) groups is 1. The van der Waals surface area contributed by atoms with E-state index in [2.05, 4.69) is 5.32 Å². The summed E-state index contributed by atoms with van der Waals surface area (Å²) in [4.78, 5) is 12.9. The van der Waals surface area contributed by atoms with Crippen molar-refractivity contribution in [2.45, 2.75) is 44.6 Å². The fraction of sp³-hybridized carbons (Fsp3) is 0.556. The minimum Gasteiger partial charge on any atom is -0.467 e. The highest BCUT2D eigenvalue weighted by molar-refractivity contribution is 7.80. The molecule has 1 fully saturated rings. The molecule has 0 radical (unpaired) electrons. The molecule has 1 unspecified atom stereocenters. The number of hydrogen-bond donors (Lipinski definition) is 3. The largest absolute Gasteiger partial charge is 0.467 e. The number of benzene rings is 1. The summed E-state index contributed by atoms with van der Waals surface area (Å²) in [6.45, 7) is 0.600. The van der Waals surface area contributed by atoms with Crippen molar-refractivity contribution in [3.05, 3.63) is 29.8 Å². The molecule has 132 valence electrons. The standard InChI is InChI=1S/C18H27N3O2S/c1-23-16(22)15(12-13-4-6-14(20)7-5-13)21-17(24)18(10-11-19)8-2-3-9-18/h4-7,15H,2-3,8-12,19-20H2,1H3,(H,21,24). The van der Waals surface area contributed by atoms with Crippen LogP contribution in [0.5, 0.6) is 0 Å². The zero-order chi connectivity index (χ0) is 17.6. The van der Waals surface area contributed by atoms with Crippen molar-refractivity contribution in [1.82, 2.24) is 5.32 Å². The van der Waals surface area contributed by atoms with Gasteiger partial charge in [-0.3, -0.25) is 0 Å². The summed E-state index contributed by atoms with van der Waals surface area (Å²) in [5.74, 6) is -0.310. The summed E-state index contributed by atoms with van der Waals surface area (Å²) in [6.07, 6.45) is 5.74. The summed E-state index contributed by atoms with van der Waals surface area (Å²) < 4.78 is 4.95. The Balaban J connectivity index is 2.11. The molecule has 1 aromatic carbocycles. The van der Waals surface area contributed by atoms with Crippen molar-refractivity contribution in [3.8, 4) is 0 Å². The number of anilines is 1. The summed E-state index contributed by atoms with van der Waals surface area (Å²) in [5, 5.41) is 3.27. The molecular weight excluding hydrogens is 322 g/mol. The van der Waals surface area contributed by atoms with E-state index in [0.717, 1.165) is 42.7 Å². The van der Waals surface area contributed by atoms with E-state index in [4.69, 9.17) is 28.4 Å². The first-order valence-electron chi connectivity index (χ1n) is 8.44. The number of hydrogen-bond acceptors (Lipinski definition) is 5. The number of nitrogens with two attached hydrogens (primary N) is 2. The van der Waals surface area contributed by atoms with E-state index < -0.39 is 6.04 Å². The van der Waals surface area contributed by atoms with Crippen LogP contribution in [-0.2, 0) is 16.0 Å². The van der Waals surface area contributed by atoms with Crippen LogP contribution in [0, 0.1) is 5.41 Å². The first-order valence-corrected chi connectivity index (χ1v) is 8.85. The molecule has 1 aliphatic rings. The van der Waals surface area contributed by atoms with E-state index >= 15 is 0 Å². The van der Waals surface area contributed by atoms with Gasteiger partial charge in [-0.15, -0.1) is 0 Å². The monoisotopic (exact) mass is 349 g/mol. The Hall–Kier alpha value is -1.66. The lowest BCUT2D eigenvalue weighted by molar-refractivity contribution is -0.142. The van der Waals surface area contributed by atoms with Gasteiger partial charge in [0.25, 0.3) is 0 Å². The Morgan fingerprint density at radius 2 is 1.96 bits per heavy atom. The van der Waals surface area contributed by atoms with Gasteiger partial charge in [0.2, 0.25) is 0 Å². The van der Waals surface area contributed by atoms with E-state index in [1.54, 1.807) is 0 Å². The number of ether oxygens (including phenoxy) is 1. The molecule has 0 spiro atoms. The van der Waals surface area contributed by atoms with Crippen molar-refractivity contribution in [1.29, 1.82) is 0 Å². The molecule has 2 rings (SSSR count). The van der Waals surface area contributed by atoms with Crippen LogP contribution >= 0.6 is 12.2 Å². The van der Waals surface area contributed by atoms with Crippen LogP contribution in [-0.4, -0.2) is 30.7 Å². The highest BCUT2D eigenvalue weighted by Crippen LogP contribution is 2.41. The molecule has 1 aromatic rings. The average molecular weight is 350 g/mol. The van der Waals surface area contributed by atoms with E-state index in [1.807, 2.05) is 24.3 Å². The molecule has 0 heterocycles. The van der Waals surface area contributed by atoms with Crippen LogP contribution in [0.25, 0.3) is 0 Å². The molecule has 5 N–H and O–H groups in total. The second kappa shape index (κ2) is 8.44. The van der Waals surface area contributed by atoms with Crippen LogP contribution in [0.1, 0.15) is 37.7 Å². The van der Waals surface area contributed by atoms with Gasteiger partial charge in [0.15, 0.2) is 0 Å². The van der Waals surface area contributed by atoms with Gasteiger partial charge in [-0.25, -0.2) is 4.79 Å². The van der Waals surface area contributed by atoms with Crippen LogP contribution in [0.15, 0.2) is 24.3 Å². The topological polar surface area (TPSA) is 90.4 Å². The minimum absolute atomic E-state index is 0.0720. The van der Waals surface area contributed by atoms with Gasteiger partial charge in [0.1, 0.15) is 6.04 Å². The summed E-state index contributed by atoms with van der Waals surface area (Å²) >= 11 is 5.68. The Labute approximate surface area is 149 Å². The van der Waals surface area contributed by atoms with E-state index in [9.17, 15) is 4.79 Å². The predicted molar refractivity (Wildman–Crippen MR) is 101 cm³/mol. The maximum absolute atomic E-state index is 12.2. The molecule has 0 saturated heterocycles. The smallest absolute Gasteiger partial charge is 0.328 e. The van der Waals surface area contributed by atoms with Gasteiger partial charge in [0.05, 0.1) is 12.1 Å². The van der Waals surface area contributed by atoms with Crippen molar-refractivity contribution >= 4 is 28.9 Å². The first-order chi connectivity index (χ1) is 11.5. The summed E-state index contributed by atoms with van der Waals surface area (Å²) in [5.41, 5.74) is 13.1. The summed E-state index contributed by atoms with van der Waals surface area (Å²) in [6, 6.07) is 6.99. The number of rotatable bonds is 7. The van der Waals surface area contributed by atoms with Crippen LogP contribution in [0.4, 0.5) is 5.69 Å². The third-order valence-corrected chi connectivity index (χ3v) is 5.43. The Morgan fingerprint density at radius 3 is 2.50 bits per heavy atom. The van der Waals surface area contributed by atoms with Crippen molar-refractivity contribution in [2.24, 2.45) is 11.1 Å². The molecule has 24 heavy (non-hydrogen) atoms.